The summed E-state index contributed by atoms with van der Waals surface area (Å²) < 4.78 is 24.9. The summed E-state index contributed by atoms with van der Waals surface area (Å²) in [4.78, 5) is 4.18. The molecule has 1 aromatic carbocycles. The second kappa shape index (κ2) is 8.76. The molecule has 1 heterocycles. The van der Waals surface area contributed by atoms with Crippen molar-refractivity contribution in [2.75, 3.05) is 11.9 Å². The number of halogens is 1. The number of pyridine rings is 1. The van der Waals surface area contributed by atoms with Gasteiger partial charge in [-0.05, 0) is 62.6 Å². The van der Waals surface area contributed by atoms with Gasteiger partial charge < -0.3 is 14.9 Å². The molecule has 6 nitrogen and oxygen atoms in total. The van der Waals surface area contributed by atoms with Gasteiger partial charge in [-0.15, -0.1) is 0 Å². The first-order valence-electron chi connectivity index (χ1n) is 8.41. The van der Waals surface area contributed by atoms with E-state index in [1.54, 1.807) is 51.2 Å². The van der Waals surface area contributed by atoms with Crippen LogP contribution in [-0.2, 0) is 9.09 Å². The normalized spacial score (nSPS) is 14.5. The standard InChI is InChI=1S/C18H24ClN2O4P/c1-5-16(21-18-15(19)8-7-9-20-18)26(23,24-6-2)25-14-10-12(3)17(22)13(4)11-14/h7-11,16,22H,5-6H2,1-4H3,(H,20,21). The summed E-state index contributed by atoms with van der Waals surface area (Å²) in [6, 6.07) is 6.68. The van der Waals surface area contributed by atoms with Gasteiger partial charge in [-0.2, -0.15) is 0 Å². The number of rotatable bonds is 8. The lowest BCUT2D eigenvalue weighted by molar-refractivity contribution is 0.271. The summed E-state index contributed by atoms with van der Waals surface area (Å²) in [6.45, 7) is 7.36. The highest BCUT2D eigenvalue weighted by molar-refractivity contribution is 7.55. The minimum absolute atomic E-state index is 0.189. The molecule has 0 spiro atoms. The van der Waals surface area contributed by atoms with Crippen molar-refractivity contribution in [2.45, 2.75) is 39.9 Å². The van der Waals surface area contributed by atoms with Crippen LogP contribution in [0, 0.1) is 13.8 Å². The maximum absolute atomic E-state index is 13.5. The predicted octanol–water partition coefficient (Wildman–Crippen LogP) is 5.51. The number of phenolic OH excluding ortho intramolecular Hbond substituents is 1. The van der Waals surface area contributed by atoms with Crippen LogP contribution in [0.25, 0.3) is 0 Å². The van der Waals surface area contributed by atoms with Gasteiger partial charge in [0.2, 0.25) is 0 Å². The predicted molar refractivity (Wildman–Crippen MR) is 104 cm³/mol. The van der Waals surface area contributed by atoms with Gasteiger partial charge in [-0.1, -0.05) is 18.5 Å². The minimum atomic E-state index is -3.58. The molecule has 2 aromatic rings. The minimum Gasteiger partial charge on any atom is -0.507 e. The molecule has 8 heteroatoms. The average molecular weight is 399 g/mol. The second-order valence-electron chi connectivity index (χ2n) is 5.86. The fourth-order valence-corrected chi connectivity index (χ4v) is 4.55. The Morgan fingerprint density at radius 2 is 1.96 bits per heavy atom. The van der Waals surface area contributed by atoms with Crippen LogP contribution >= 0.6 is 19.2 Å². The largest absolute Gasteiger partial charge is 0.507 e. The fraction of sp³-hybridized carbons (Fsp3) is 0.389. The van der Waals surface area contributed by atoms with Gasteiger partial charge in [0.25, 0.3) is 0 Å². The molecule has 2 N–H and O–H groups in total. The van der Waals surface area contributed by atoms with E-state index in [9.17, 15) is 9.67 Å². The lowest BCUT2D eigenvalue weighted by Crippen LogP contribution is -2.24. The number of nitrogens with one attached hydrogen (secondary N) is 1. The Bertz CT molecular complexity index is 793. The molecule has 0 radical (unpaired) electrons. The van der Waals surface area contributed by atoms with E-state index in [0.717, 1.165) is 0 Å². The first kappa shape index (κ1) is 20.6. The van der Waals surface area contributed by atoms with Crippen molar-refractivity contribution < 1.29 is 18.7 Å². The maximum Gasteiger partial charge on any atom is 0.401 e. The molecule has 0 amide bonds. The van der Waals surface area contributed by atoms with Crippen molar-refractivity contribution in [3.8, 4) is 11.5 Å². The molecular weight excluding hydrogens is 375 g/mol. The lowest BCUT2D eigenvalue weighted by Gasteiger charge is -2.27. The Kier molecular flexibility index (Phi) is 6.93. The summed E-state index contributed by atoms with van der Waals surface area (Å²) in [5.41, 5.74) is 1.27. The molecule has 0 aliphatic heterocycles. The number of aryl methyl sites for hydroxylation is 2. The van der Waals surface area contributed by atoms with E-state index < -0.39 is 13.4 Å². The Labute approximate surface area is 159 Å². The SMILES string of the molecule is CCOP(=O)(Oc1cc(C)c(O)c(C)c1)C(CC)Nc1ncccc1Cl. The monoisotopic (exact) mass is 398 g/mol. The summed E-state index contributed by atoms with van der Waals surface area (Å²) >= 11 is 6.15. The maximum atomic E-state index is 13.5. The Hall–Kier alpha value is -1.75. The molecule has 0 saturated heterocycles. The van der Waals surface area contributed by atoms with Crippen molar-refractivity contribution in [2.24, 2.45) is 0 Å². The number of hydrogen-bond donors (Lipinski definition) is 2. The van der Waals surface area contributed by atoms with Crippen molar-refractivity contribution in [1.82, 2.24) is 4.98 Å². The van der Waals surface area contributed by atoms with E-state index in [1.165, 1.54) is 0 Å². The van der Waals surface area contributed by atoms with E-state index in [4.69, 9.17) is 20.6 Å². The van der Waals surface area contributed by atoms with Crippen LogP contribution in [0.1, 0.15) is 31.4 Å². The average Bonchev–Trinajstić information content (AvgIpc) is 2.59. The molecule has 0 saturated carbocycles. The number of benzene rings is 1. The van der Waals surface area contributed by atoms with Gasteiger partial charge in [0.05, 0.1) is 11.6 Å². The lowest BCUT2D eigenvalue weighted by atomic mass is 10.1. The molecule has 1 aromatic heterocycles. The third-order valence-electron chi connectivity index (χ3n) is 3.84. The zero-order valence-corrected chi connectivity index (χ0v) is 17.0. The second-order valence-corrected chi connectivity index (χ2v) is 8.41. The number of phenols is 1. The summed E-state index contributed by atoms with van der Waals surface area (Å²) in [5.74, 6) is 0.350. The molecule has 2 atom stereocenters. The molecule has 142 valence electrons. The smallest absolute Gasteiger partial charge is 0.401 e. The first-order chi connectivity index (χ1) is 12.3. The highest BCUT2D eigenvalue weighted by atomic mass is 35.5. The van der Waals surface area contributed by atoms with Gasteiger partial charge in [-0.25, -0.2) is 9.55 Å². The van der Waals surface area contributed by atoms with E-state index in [1.807, 2.05) is 6.92 Å². The summed E-state index contributed by atoms with van der Waals surface area (Å²) in [6.07, 6.45) is 2.07. The third kappa shape index (κ3) is 4.70. The molecule has 2 rings (SSSR count). The number of nitrogens with zero attached hydrogens (tertiary/aromatic N) is 1. The molecule has 0 aliphatic carbocycles. The van der Waals surface area contributed by atoms with Crippen molar-refractivity contribution in [1.29, 1.82) is 0 Å². The Balaban J connectivity index is 2.34. The van der Waals surface area contributed by atoms with Crippen LogP contribution in [0.4, 0.5) is 5.82 Å². The molecule has 26 heavy (non-hydrogen) atoms. The number of aromatic nitrogens is 1. The highest BCUT2D eigenvalue weighted by Gasteiger charge is 2.37. The van der Waals surface area contributed by atoms with Gasteiger partial charge >= 0.3 is 7.60 Å². The van der Waals surface area contributed by atoms with Gasteiger partial charge in [0.1, 0.15) is 23.1 Å². The molecule has 0 fully saturated rings. The number of anilines is 1. The topological polar surface area (TPSA) is 80.7 Å². The van der Waals surface area contributed by atoms with E-state index >= 15 is 0 Å². The molecule has 0 bridgehead atoms. The van der Waals surface area contributed by atoms with E-state index in [-0.39, 0.29) is 12.4 Å². The van der Waals surface area contributed by atoms with Crippen molar-refractivity contribution in [3.63, 3.8) is 0 Å². The Morgan fingerprint density at radius 1 is 1.31 bits per heavy atom. The van der Waals surface area contributed by atoms with Crippen LogP contribution in [0.15, 0.2) is 30.5 Å². The van der Waals surface area contributed by atoms with E-state index in [0.29, 0.717) is 34.1 Å². The number of hydrogen-bond acceptors (Lipinski definition) is 6. The van der Waals surface area contributed by atoms with Crippen LogP contribution in [0.2, 0.25) is 5.02 Å². The van der Waals surface area contributed by atoms with Crippen LogP contribution < -0.4 is 9.84 Å². The summed E-state index contributed by atoms with van der Waals surface area (Å²) in [5, 5.41) is 13.4. The van der Waals surface area contributed by atoms with Crippen LogP contribution in [0.5, 0.6) is 11.5 Å². The molecule has 2 unspecified atom stereocenters. The van der Waals surface area contributed by atoms with Crippen LogP contribution in [0.3, 0.4) is 0 Å². The quantitative estimate of drug-likeness (QED) is 0.570. The fourth-order valence-electron chi connectivity index (χ4n) is 2.53. The van der Waals surface area contributed by atoms with E-state index in [2.05, 4.69) is 10.3 Å². The molecular formula is C18H24ClN2O4P. The first-order valence-corrected chi connectivity index (χ1v) is 10.4. The number of aromatic hydroxyl groups is 1. The highest BCUT2D eigenvalue weighted by Crippen LogP contribution is 2.54. The zero-order valence-electron chi connectivity index (χ0n) is 15.3. The van der Waals surface area contributed by atoms with Gasteiger partial charge in [0, 0.05) is 6.20 Å². The van der Waals surface area contributed by atoms with Crippen molar-refractivity contribution >= 4 is 25.0 Å². The van der Waals surface area contributed by atoms with Gasteiger partial charge in [0.15, 0.2) is 0 Å². The zero-order chi connectivity index (χ0) is 19.3. The summed E-state index contributed by atoms with van der Waals surface area (Å²) in [7, 11) is -3.58. The third-order valence-corrected chi connectivity index (χ3v) is 6.48. The molecule has 0 aliphatic rings. The van der Waals surface area contributed by atoms with Crippen molar-refractivity contribution in [3.05, 3.63) is 46.6 Å². The van der Waals surface area contributed by atoms with Gasteiger partial charge in [-0.3, -0.25) is 4.52 Å². The Morgan fingerprint density at radius 3 is 2.50 bits per heavy atom. The van der Waals surface area contributed by atoms with Crippen LogP contribution in [-0.4, -0.2) is 22.5 Å².